The van der Waals surface area contributed by atoms with Gasteiger partial charge < -0.3 is 10.6 Å². The number of benzene rings is 1. The summed E-state index contributed by atoms with van der Waals surface area (Å²) < 4.78 is 39.2. The van der Waals surface area contributed by atoms with Crippen molar-refractivity contribution in [2.24, 2.45) is 0 Å². The van der Waals surface area contributed by atoms with Crippen LogP contribution in [0.25, 0.3) is 0 Å². The number of thiophene rings is 1. The van der Waals surface area contributed by atoms with E-state index >= 15 is 0 Å². The van der Waals surface area contributed by atoms with Crippen molar-refractivity contribution >= 4 is 33.0 Å². The van der Waals surface area contributed by atoms with Gasteiger partial charge in [-0.1, -0.05) is 18.2 Å². The lowest BCUT2D eigenvalue weighted by atomic mass is 10.1. The highest BCUT2D eigenvalue weighted by atomic mass is 32.2. The van der Waals surface area contributed by atoms with Crippen LogP contribution in [0.4, 0.5) is 4.39 Å². The zero-order chi connectivity index (χ0) is 18.7. The second-order valence-electron chi connectivity index (χ2n) is 5.98. The summed E-state index contributed by atoms with van der Waals surface area (Å²) in [7, 11) is -3.81. The van der Waals surface area contributed by atoms with Crippen LogP contribution >= 0.6 is 11.3 Å². The third-order valence-electron chi connectivity index (χ3n) is 3.96. The van der Waals surface area contributed by atoms with Gasteiger partial charge in [-0.25, -0.2) is 12.8 Å². The normalized spacial score (nSPS) is 15.3. The molecule has 1 saturated carbocycles. The molecule has 138 valence electrons. The van der Waals surface area contributed by atoms with Gasteiger partial charge in [-0.05, 0) is 42.0 Å². The predicted molar refractivity (Wildman–Crippen MR) is 94.8 cm³/mol. The van der Waals surface area contributed by atoms with E-state index in [2.05, 4.69) is 10.6 Å². The van der Waals surface area contributed by atoms with E-state index < -0.39 is 32.7 Å². The standard InChI is InChI=1S/C17H17FN2O4S2/c18-12-5-3-11(4-6-12)14(26(23,24)15-2-1-9-25-15)10-19-16(21)17(22)20-13-7-8-13/h1-6,9,13-14H,7-8,10H2,(H,19,21)(H,20,22)/t14-/m0/s1. The van der Waals surface area contributed by atoms with E-state index in [0.717, 1.165) is 36.3 Å². The second kappa shape index (κ2) is 7.55. The minimum atomic E-state index is -3.81. The number of carbonyl (C=O) groups excluding carboxylic acids is 2. The summed E-state index contributed by atoms with van der Waals surface area (Å²) in [5.74, 6) is -2.15. The second-order valence-corrected chi connectivity index (χ2v) is 9.28. The molecule has 2 aromatic rings. The molecule has 0 unspecified atom stereocenters. The number of sulfone groups is 1. The van der Waals surface area contributed by atoms with Crippen LogP contribution in [-0.2, 0) is 19.4 Å². The zero-order valence-electron chi connectivity index (χ0n) is 13.6. The Morgan fingerprint density at radius 2 is 1.85 bits per heavy atom. The molecule has 9 heteroatoms. The van der Waals surface area contributed by atoms with Crippen LogP contribution in [0.3, 0.4) is 0 Å². The number of carbonyl (C=O) groups is 2. The van der Waals surface area contributed by atoms with Crippen LogP contribution < -0.4 is 10.6 Å². The molecule has 0 bridgehead atoms. The maximum Gasteiger partial charge on any atom is 0.309 e. The number of rotatable bonds is 6. The van der Waals surface area contributed by atoms with Crippen molar-refractivity contribution in [1.29, 1.82) is 0 Å². The Balaban J connectivity index is 1.80. The van der Waals surface area contributed by atoms with E-state index in [1.54, 1.807) is 11.4 Å². The smallest absolute Gasteiger partial charge is 0.309 e. The Hall–Kier alpha value is -2.26. The minimum absolute atomic E-state index is 0.0241. The summed E-state index contributed by atoms with van der Waals surface area (Å²) in [6.45, 7) is -0.289. The largest absolute Gasteiger partial charge is 0.346 e. The summed E-state index contributed by atoms with van der Waals surface area (Å²) in [4.78, 5) is 23.7. The molecule has 1 atom stereocenters. The monoisotopic (exact) mass is 396 g/mol. The van der Waals surface area contributed by atoms with Crippen molar-refractivity contribution in [3.63, 3.8) is 0 Å². The van der Waals surface area contributed by atoms with Crippen LogP contribution in [0, 0.1) is 5.82 Å². The summed E-state index contributed by atoms with van der Waals surface area (Å²) in [6, 6.07) is 8.15. The van der Waals surface area contributed by atoms with Crippen LogP contribution in [0.2, 0.25) is 0 Å². The Bertz CT molecular complexity index is 891. The molecule has 0 aliphatic heterocycles. The number of amides is 2. The lowest BCUT2D eigenvalue weighted by Gasteiger charge is -2.18. The van der Waals surface area contributed by atoms with Gasteiger partial charge in [0.25, 0.3) is 0 Å². The topological polar surface area (TPSA) is 92.3 Å². The molecule has 0 spiro atoms. The van der Waals surface area contributed by atoms with Crippen LogP contribution in [0.1, 0.15) is 23.7 Å². The highest BCUT2D eigenvalue weighted by Gasteiger charge is 2.32. The number of hydrogen-bond donors (Lipinski definition) is 2. The number of nitrogens with one attached hydrogen (secondary N) is 2. The molecular weight excluding hydrogens is 379 g/mol. The quantitative estimate of drug-likeness (QED) is 0.729. The van der Waals surface area contributed by atoms with Crippen molar-refractivity contribution in [2.45, 2.75) is 28.3 Å². The molecule has 3 rings (SSSR count). The van der Waals surface area contributed by atoms with E-state index in [9.17, 15) is 22.4 Å². The van der Waals surface area contributed by atoms with E-state index in [1.165, 1.54) is 18.2 Å². The van der Waals surface area contributed by atoms with Gasteiger partial charge in [0.15, 0.2) is 9.84 Å². The average molecular weight is 396 g/mol. The van der Waals surface area contributed by atoms with Crippen molar-refractivity contribution in [2.75, 3.05) is 6.54 Å². The van der Waals surface area contributed by atoms with Crippen LogP contribution in [0.15, 0.2) is 46.0 Å². The SMILES string of the molecule is O=C(NC[C@@H](c1ccc(F)cc1)S(=O)(=O)c1cccs1)C(=O)NC1CC1. The molecule has 0 saturated heterocycles. The van der Waals surface area contributed by atoms with E-state index in [-0.39, 0.29) is 16.8 Å². The third kappa shape index (κ3) is 4.28. The first kappa shape index (κ1) is 18.5. The average Bonchev–Trinajstić information content (AvgIpc) is 3.24. The van der Waals surface area contributed by atoms with Crippen molar-refractivity contribution in [1.82, 2.24) is 10.6 Å². The summed E-state index contributed by atoms with van der Waals surface area (Å²) in [5, 5.41) is 5.43. The van der Waals surface area contributed by atoms with Gasteiger partial charge in [0.05, 0.1) is 0 Å². The van der Waals surface area contributed by atoms with E-state index in [0.29, 0.717) is 5.56 Å². The van der Waals surface area contributed by atoms with Gasteiger partial charge in [0.1, 0.15) is 15.3 Å². The first-order valence-corrected chi connectivity index (χ1v) is 10.4. The molecule has 2 amide bonds. The van der Waals surface area contributed by atoms with Crippen LogP contribution in [-0.4, -0.2) is 32.8 Å². The fraction of sp³-hybridized carbons (Fsp3) is 0.294. The molecule has 26 heavy (non-hydrogen) atoms. The Labute approximate surface area is 154 Å². The van der Waals surface area contributed by atoms with Crippen molar-refractivity contribution < 1.29 is 22.4 Å². The fourth-order valence-corrected chi connectivity index (χ4v) is 5.26. The predicted octanol–water partition coefficient (Wildman–Crippen LogP) is 1.80. The third-order valence-corrected chi connectivity index (χ3v) is 7.49. The highest BCUT2D eigenvalue weighted by molar-refractivity contribution is 7.93. The maximum absolute atomic E-state index is 13.2. The van der Waals surface area contributed by atoms with Gasteiger partial charge >= 0.3 is 11.8 Å². The molecule has 1 fully saturated rings. The molecule has 1 heterocycles. The molecule has 2 N–H and O–H groups in total. The van der Waals surface area contributed by atoms with E-state index in [1.807, 2.05) is 0 Å². The summed E-state index contributed by atoms with van der Waals surface area (Å²) in [5.41, 5.74) is 0.336. The molecule has 0 radical (unpaired) electrons. The molecule has 6 nitrogen and oxygen atoms in total. The van der Waals surface area contributed by atoms with Gasteiger partial charge in [-0.15, -0.1) is 11.3 Å². The first-order valence-electron chi connectivity index (χ1n) is 7.99. The van der Waals surface area contributed by atoms with Crippen molar-refractivity contribution in [3.8, 4) is 0 Å². The Morgan fingerprint density at radius 3 is 2.42 bits per heavy atom. The molecule has 1 aliphatic rings. The van der Waals surface area contributed by atoms with Gasteiger partial charge in [-0.3, -0.25) is 9.59 Å². The van der Waals surface area contributed by atoms with Gasteiger partial charge in [-0.2, -0.15) is 0 Å². The van der Waals surface area contributed by atoms with Crippen LogP contribution in [0.5, 0.6) is 0 Å². The number of halogens is 1. The zero-order valence-corrected chi connectivity index (χ0v) is 15.3. The summed E-state index contributed by atoms with van der Waals surface area (Å²) >= 11 is 1.06. The fourth-order valence-electron chi connectivity index (χ4n) is 2.39. The lowest BCUT2D eigenvalue weighted by Crippen LogP contribution is -2.43. The van der Waals surface area contributed by atoms with Crippen molar-refractivity contribution in [3.05, 3.63) is 53.2 Å². The number of hydrogen-bond acceptors (Lipinski definition) is 5. The van der Waals surface area contributed by atoms with Gasteiger partial charge in [0, 0.05) is 12.6 Å². The lowest BCUT2D eigenvalue weighted by molar-refractivity contribution is -0.139. The van der Waals surface area contributed by atoms with Gasteiger partial charge in [0.2, 0.25) is 0 Å². The molecular formula is C17H17FN2O4S2. The maximum atomic E-state index is 13.2. The molecule has 1 aliphatic carbocycles. The first-order chi connectivity index (χ1) is 12.4. The minimum Gasteiger partial charge on any atom is -0.346 e. The Morgan fingerprint density at radius 1 is 1.15 bits per heavy atom. The highest BCUT2D eigenvalue weighted by Crippen LogP contribution is 2.31. The molecule has 1 aromatic carbocycles. The summed E-state index contributed by atoms with van der Waals surface area (Å²) in [6.07, 6.45) is 1.67. The van der Waals surface area contributed by atoms with E-state index in [4.69, 9.17) is 0 Å². The molecule has 1 aromatic heterocycles. The Kier molecular flexibility index (Phi) is 5.38.